The number of rotatable bonds is 3. The van der Waals surface area contributed by atoms with E-state index in [0.717, 1.165) is 23.0 Å². The van der Waals surface area contributed by atoms with E-state index < -0.39 is 0 Å². The van der Waals surface area contributed by atoms with Crippen LogP contribution in [0, 0.1) is 5.92 Å². The third kappa shape index (κ3) is 4.10. The minimum absolute atomic E-state index is 0.0156. The third-order valence-electron chi connectivity index (χ3n) is 4.46. The molecule has 2 aromatic rings. The summed E-state index contributed by atoms with van der Waals surface area (Å²) in [5.74, 6) is -0.119. The topological polar surface area (TPSA) is 49.4 Å². The molecule has 6 heteroatoms. The Labute approximate surface area is 166 Å². The number of carbonyl (C=O) groups excluding carboxylic acids is 2. The highest BCUT2D eigenvalue weighted by Crippen LogP contribution is 2.26. The molecule has 0 aromatic heterocycles. The van der Waals surface area contributed by atoms with Gasteiger partial charge in [0, 0.05) is 29.2 Å². The Morgan fingerprint density at radius 3 is 2.65 bits per heavy atom. The Morgan fingerprint density at radius 2 is 1.92 bits per heavy atom. The van der Waals surface area contributed by atoms with E-state index in [1.807, 2.05) is 36.9 Å². The lowest BCUT2D eigenvalue weighted by atomic mass is 9.98. The predicted octanol–water partition coefficient (Wildman–Crippen LogP) is 4.90. The largest absolute Gasteiger partial charge is 0.338 e. The zero-order valence-corrected chi connectivity index (χ0v) is 17.0. The van der Waals surface area contributed by atoms with Gasteiger partial charge in [0.05, 0.1) is 10.6 Å². The first kappa shape index (κ1) is 18.9. The molecule has 0 saturated carbocycles. The van der Waals surface area contributed by atoms with Crippen LogP contribution in [0.3, 0.4) is 0 Å². The van der Waals surface area contributed by atoms with Crippen molar-refractivity contribution in [1.29, 1.82) is 0 Å². The number of amides is 2. The Kier molecular flexibility index (Phi) is 5.68. The fourth-order valence-corrected chi connectivity index (χ4v) is 3.62. The van der Waals surface area contributed by atoms with E-state index in [1.165, 1.54) is 5.56 Å². The molecule has 0 fully saturated rings. The third-order valence-corrected chi connectivity index (χ3v) is 5.28. The average molecular weight is 436 g/mol. The first-order valence-corrected chi connectivity index (χ1v) is 9.69. The van der Waals surface area contributed by atoms with E-state index in [1.54, 1.807) is 18.2 Å². The number of anilines is 1. The maximum absolute atomic E-state index is 12.5. The van der Waals surface area contributed by atoms with Gasteiger partial charge >= 0.3 is 0 Å². The molecule has 2 amide bonds. The van der Waals surface area contributed by atoms with Gasteiger partial charge in [0.25, 0.3) is 5.91 Å². The Hall–Kier alpha value is -1.85. The second kappa shape index (κ2) is 7.80. The molecular weight excluding hydrogens is 416 g/mol. The van der Waals surface area contributed by atoms with Gasteiger partial charge in [-0.05, 0) is 47.9 Å². The molecule has 2 aromatic carbocycles. The van der Waals surface area contributed by atoms with Crippen LogP contribution >= 0.6 is 27.5 Å². The summed E-state index contributed by atoms with van der Waals surface area (Å²) in [6.45, 7) is 5.14. The monoisotopic (exact) mass is 434 g/mol. The molecule has 0 saturated heterocycles. The van der Waals surface area contributed by atoms with Crippen molar-refractivity contribution in [2.24, 2.45) is 5.92 Å². The first-order valence-electron chi connectivity index (χ1n) is 8.52. The zero-order valence-electron chi connectivity index (χ0n) is 14.7. The van der Waals surface area contributed by atoms with Crippen molar-refractivity contribution in [2.75, 3.05) is 11.9 Å². The van der Waals surface area contributed by atoms with Crippen LogP contribution in [0.5, 0.6) is 0 Å². The van der Waals surface area contributed by atoms with Crippen molar-refractivity contribution < 1.29 is 9.59 Å². The van der Waals surface area contributed by atoms with E-state index in [9.17, 15) is 9.59 Å². The minimum atomic E-state index is -0.262. The fourth-order valence-electron chi connectivity index (χ4n) is 3.06. The summed E-state index contributed by atoms with van der Waals surface area (Å²) in [5, 5.41) is 3.30. The minimum Gasteiger partial charge on any atom is -0.338 e. The van der Waals surface area contributed by atoms with Crippen molar-refractivity contribution >= 4 is 45.0 Å². The van der Waals surface area contributed by atoms with Gasteiger partial charge in [-0.3, -0.25) is 9.59 Å². The van der Waals surface area contributed by atoms with Gasteiger partial charge in [-0.25, -0.2) is 0 Å². The Morgan fingerprint density at radius 1 is 1.15 bits per heavy atom. The number of halogens is 2. The maximum atomic E-state index is 12.5. The molecule has 4 nitrogen and oxygen atoms in total. The van der Waals surface area contributed by atoms with Crippen LogP contribution in [0.25, 0.3) is 0 Å². The van der Waals surface area contributed by atoms with Crippen molar-refractivity contribution in [3.63, 3.8) is 0 Å². The van der Waals surface area contributed by atoms with Crippen molar-refractivity contribution in [3.8, 4) is 0 Å². The molecule has 0 aliphatic carbocycles. The smallest absolute Gasteiger partial charge is 0.257 e. The molecule has 0 radical (unpaired) electrons. The van der Waals surface area contributed by atoms with Gasteiger partial charge in [-0.15, -0.1) is 0 Å². The number of hydrogen-bond acceptors (Lipinski definition) is 2. The molecule has 3 rings (SSSR count). The maximum Gasteiger partial charge on any atom is 0.257 e. The molecule has 1 heterocycles. The molecular formula is C20H20BrClN2O2. The summed E-state index contributed by atoms with van der Waals surface area (Å²) in [5.41, 5.74) is 3.40. The van der Waals surface area contributed by atoms with Crippen LogP contribution in [0.1, 0.15) is 35.3 Å². The Bertz CT molecular complexity index is 867. The number of carbonyl (C=O) groups is 2. The van der Waals surface area contributed by atoms with Crippen LogP contribution in [0.4, 0.5) is 5.69 Å². The van der Waals surface area contributed by atoms with Gasteiger partial charge in [0.2, 0.25) is 5.91 Å². The van der Waals surface area contributed by atoms with Gasteiger partial charge in [-0.2, -0.15) is 0 Å². The van der Waals surface area contributed by atoms with Gasteiger partial charge in [0.1, 0.15) is 0 Å². The highest BCUT2D eigenvalue weighted by Gasteiger charge is 2.23. The van der Waals surface area contributed by atoms with Crippen LogP contribution in [-0.2, 0) is 17.8 Å². The van der Waals surface area contributed by atoms with Gasteiger partial charge in [-0.1, -0.05) is 47.4 Å². The van der Waals surface area contributed by atoms with E-state index in [2.05, 4.69) is 21.2 Å². The van der Waals surface area contributed by atoms with E-state index in [-0.39, 0.29) is 17.7 Å². The molecule has 1 aliphatic rings. The Balaban J connectivity index is 1.79. The lowest BCUT2D eigenvalue weighted by Crippen LogP contribution is -2.38. The van der Waals surface area contributed by atoms with E-state index >= 15 is 0 Å². The number of benzene rings is 2. The van der Waals surface area contributed by atoms with Crippen molar-refractivity contribution in [1.82, 2.24) is 4.90 Å². The highest BCUT2D eigenvalue weighted by molar-refractivity contribution is 9.10. The summed E-state index contributed by atoms with van der Waals surface area (Å²) in [7, 11) is 0. The van der Waals surface area contributed by atoms with Crippen LogP contribution in [0.15, 0.2) is 40.9 Å². The molecule has 136 valence electrons. The van der Waals surface area contributed by atoms with E-state index in [4.69, 9.17) is 11.6 Å². The molecule has 26 heavy (non-hydrogen) atoms. The van der Waals surface area contributed by atoms with Gasteiger partial charge in [0.15, 0.2) is 0 Å². The quantitative estimate of drug-likeness (QED) is 0.746. The number of nitrogens with zero attached hydrogens (tertiary/aromatic N) is 1. The standard InChI is InChI=1S/C20H20BrClN2O2/c1-12(2)20(26)24-8-7-13-3-5-16(9-14(13)11-24)23-19(25)17-10-15(21)4-6-18(17)22/h3-6,9-10,12H,7-8,11H2,1-2H3,(H,23,25). The molecule has 1 N–H and O–H groups in total. The zero-order chi connectivity index (χ0) is 18.8. The summed E-state index contributed by atoms with van der Waals surface area (Å²) in [4.78, 5) is 26.7. The number of fused-ring (bicyclic) bond motifs is 1. The second-order valence-electron chi connectivity index (χ2n) is 6.73. The summed E-state index contributed by atoms with van der Waals surface area (Å²) in [6, 6.07) is 11.0. The molecule has 0 spiro atoms. The summed E-state index contributed by atoms with van der Waals surface area (Å²) >= 11 is 9.49. The molecule has 0 bridgehead atoms. The highest BCUT2D eigenvalue weighted by atomic mass is 79.9. The van der Waals surface area contributed by atoms with E-state index in [0.29, 0.717) is 22.8 Å². The molecule has 0 unspecified atom stereocenters. The van der Waals surface area contributed by atoms with Crippen molar-refractivity contribution in [3.05, 3.63) is 62.6 Å². The first-order chi connectivity index (χ1) is 12.3. The summed E-state index contributed by atoms with van der Waals surface area (Å²) in [6.07, 6.45) is 0.833. The molecule has 1 aliphatic heterocycles. The van der Waals surface area contributed by atoms with Gasteiger partial charge < -0.3 is 10.2 Å². The lowest BCUT2D eigenvalue weighted by Gasteiger charge is -2.30. The van der Waals surface area contributed by atoms with Crippen LogP contribution < -0.4 is 5.32 Å². The molecule has 0 atom stereocenters. The van der Waals surface area contributed by atoms with Crippen LogP contribution in [0.2, 0.25) is 5.02 Å². The average Bonchev–Trinajstić information content (AvgIpc) is 2.62. The summed E-state index contributed by atoms with van der Waals surface area (Å²) < 4.78 is 0.792. The number of hydrogen-bond donors (Lipinski definition) is 1. The lowest BCUT2D eigenvalue weighted by molar-refractivity contribution is -0.135. The van der Waals surface area contributed by atoms with Crippen molar-refractivity contribution in [2.45, 2.75) is 26.8 Å². The normalized spacial score (nSPS) is 13.5. The second-order valence-corrected chi connectivity index (χ2v) is 8.05. The number of nitrogens with one attached hydrogen (secondary N) is 1. The predicted molar refractivity (Wildman–Crippen MR) is 108 cm³/mol. The van der Waals surface area contributed by atoms with Crippen LogP contribution in [-0.4, -0.2) is 23.3 Å². The fraction of sp³-hybridized carbons (Fsp3) is 0.300. The SMILES string of the molecule is CC(C)C(=O)N1CCc2ccc(NC(=O)c3cc(Br)ccc3Cl)cc2C1.